The van der Waals surface area contributed by atoms with Crippen molar-refractivity contribution in [1.29, 1.82) is 0 Å². The molecule has 26 heavy (non-hydrogen) atoms. The van der Waals surface area contributed by atoms with E-state index in [4.69, 9.17) is 5.11 Å². The molecule has 2 rings (SSSR count). The average Bonchev–Trinajstić information content (AvgIpc) is 3.19. The number of hydrogen-bond acceptors (Lipinski definition) is 3. The molecule has 1 fully saturated rings. The number of hydrogen-bond donors (Lipinski definition) is 1. The number of carboxylic acids is 1. The van der Waals surface area contributed by atoms with E-state index in [1.165, 1.54) is 24.2 Å². The van der Waals surface area contributed by atoms with Crippen LogP contribution in [0, 0.1) is 0 Å². The Morgan fingerprint density at radius 1 is 1.35 bits per heavy atom. The van der Waals surface area contributed by atoms with Crippen LogP contribution in [-0.2, 0) is 11.2 Å². The maximum absolute atomic E-state index is 12.1. The third-order valence-electron chi connectivity index (χ3n) is 4.37. The van der Waals surface area contributed by atoms with E-state index in [9.17, 15) is 9.59 Å². The quantitative estimate of drug-likeness (QED) is 0.372. The predicted molar refractivity (Wildman–Crippen MR) is 108 cm³/mol. The van der Waals surface area contributed by atoms with Crippen LogP contribution in [0.25, 0.3) is 0 Å². The molecule has 0 unspecified atom stereocenters. The summed E-state index contributed by atoms with van der Waals surface area (Å²) in [5.41, 5.74) is 0. The Hall–Kier alpha value is -0.880. The van der Waals surface area contributed by atoms with Crippen molar-refractivity contribution in [2.45, 2.75) is 57.9 Å². The molecule has 1 aromatic heterocycles. The molecule has 1 aliphatic heterocycles. The van der Waals surface area contributed by atoms with E-state index < -0.39 is 5.97 Å². The normalized spacial score (nSPS) is 17.3. The van der Waals surface area contributed by atoms with E-state index in [0.29, 0.717) is 11.3 Å². The summed E-state index contributed by atoms with van der Waals surface area (Å²) < 4.78 is 0. The van der Waals surface area contributed by atoms with E-state index in [1.807, 2.05) is 11.0 Å². The molecule has 2 heterocycles. The Labute approximate surface area is 182 Å². The smallest absolute Gasteiger partial charge is 0.345 e. The molecular formula is C20H27NNaO3S. The standard InChI is InChI=1S/C20H27NO3S.Na/c1-2-3-4-5-6-7-9-16-11-14-19(22)21(16)15-8-10-17-12-13-18(25-17)20(23)24;/h5-7,9,12-13,16H,2-4,8,10-11,14-15H2,1H3,(H,23,24);/t16-;/m0./s1. The van der Waals surface area contributed by atoms with Crippen molar-refractivity contribution in [3.05, 3.63) is 46.2 Å². The van der Waals surface area contributed by atoms with Crippen LogP contribution in [-0.4, -0.2) is 64.0 Å². The second-order valence-electron chi connectivity index (χ2n) is 6.32. The van der Waals surface area contributed by atoms with Gasteiger partial charge >= 0.3 is 5.97 Å². The third kappa shape index (κ3) is 7.39. The van der Waals surface area contributed by atoms with Gasteiger partial charge in [-0.05, 0) is 37.8 Å². The molecule has 0 aliphatic carbocycles. The Bertz CT molecular complexity index is 639. The molecule has 1 aliphatic rings. The summed E-state index contributed by atoms with van der Waals surface area (Å²) in [6.45, 7) is 2.91. The van der Waals surface area contributed by atoms with Gasteiger partial charge in [-0.15, -0.1) is 11.3 Å². The molecule has 6 heteroatoms. The topological polar surface area (TPSA) is 57.6 Å². The van der Waals surface area contributed by atoms with Gasteiger partial charge in [-0.25, -0.2) is 4.79 Å². The first kappa shape index (κ1) is 23.2. The van der Waals surface area contributed by atoms with Crippen molar-refractivity contribution < 1.29 is 14.7 Å². The second kappa shape index (κ2) is 12.5. The molecule has 1 amide bonds. The fraction of sp³-hybridized carbons (Fsp3) is 0.500. The molecule has 0 aromatic carbocycles. The second-order valence-corrected chi connectivity index (χ2v) is 7.49. The molecular weight excluding hydrogens is 357 g/mol. The minimum Gasteiger partial charge on any atom is -0.477 e. The number of unbranched alkanes of at least 4 members (excludes halogenated alkanes) is 2. The minimum atomic E-state index is -0.872. The Morgan fingerprint density at radius 2 is 2.15 bits per heavy atom. The molecule has 1 aromatic rings. The SMILES string of the molecule is CCCCC=CC=C[C@H]1CCC(=O)N1CCCc1ccc(C(=O)O)s1.[Na]. The van der Waals surface area contributed by atoms with Gasteiger partial charge in [-0.2, -0.15) is 0 Å². The monoisotopic (exact) mass is 384 g/mol. The van der Waals surface area contributed by atoms with Gasteiger partial charge in [-0.1, -0.05) is 44.1 Å². The number of thiophene rings is 1. The minimum absolute atomic E-state index is 0. The van der Waals surface area contributed by atoms with Gasteiger partial charge in [0.05, 0.1) is 6.04 Å². The van der Waals surface area contributed by atoms with Crippen LogP contribution in [0.5, 0.6) is 0 Å². The number of nitrogens with zero attached hydrogens (tertiary/aromatic N) is 1. The molecule has 1 atom stereocenters. The first-order valence-electron chi connectivity index (χ1n) is 9.06. The molecule has 0 saturated carbocycles. The van der Waals surface area contributed by atoms with Gasteiger partial charge in [0.15, 0.2) is 0 Å². The van der Waals surface area contributed by atoms with E-state index in [-0.39, 0.29) is 41.5 Å². The molecule has 1 N–H and O–H groups in total. The summed E-state index contributed by atoms with van der Waals surface area (Å²) in [6, 6.07) is 3.72. The van der Waals surface area contributed by atoms with Crippen molar-refractivity contribution in [2.24, 2.45) is 0 Å². The Morgan fingerprint density at radius 3 is 2.85 bits per heavy atom. The zero-order valence-corrected chi connectivity index (χ0v) is 18.6. The molecule has 0 spiro atoms. The average molecular weight is 384 g/mol. The molecule has 4 nitrogen and oxygen atoms in total. The predicted octanol–water partition coefficient (Wildman–Crippen LogP) is 4.29. The fourth-order valence-electron chi connectivity index (χ4n) is 2.99. The largest absolute Gasteiger partial charge is 0.477 e. The van der Waals surface area contributed by atoms with Crippen LogP contribution in [0.15, 0.2) is 36.4 Å². The molecule has 137 valence electrons. The number of carbonyl (C=O) groups excluding carboxylic acids is 1. The van der Waals surface area contributed by atoms with Crippen LogP contribution in [0.4, 0.5) is 0 Å². The van der Waals surface area contributed by atoms with Gasteiger partial charge in [-0.3, -0.25) is 4.79 Å². The number of aryl methyl sites for hydroxylation is 1. The summed E-state index contributed by atoms with van der Waals surface area (Å²) in [5, 5.41) is 8.96. The van der Waals surface area contributed by atoms with Crippen LogP contribution in [0.3, 0.4) is 0 Å². The van der Waals surface area contributed by atoms with Crippen molar-refractivity contribution in [3.8, 4) is 0 Å². The van der Waals surface area contributed by atoms with Crippen molar-refractivity contribution in [1.82, 2.24) is 4.90 Å². The summed E-state index contributed by atoms with van der Waals surface area (Å²) in [5.74, 6) is -0.648. The maximum atomic E-state index is 12.1. The summed E-state index contributed by atoms with van der Waals surface area (Å²) in [7, 11) is 0. The number of amides is 1. The zero-order chi connectivity index (χ0) is 18.1. The summed E-state index contributed by atoms with van der Waals surface area (Å²) in [4.78, 5) is 26.4. The first-order chi connectivity index (χ1) is 12.1. The summed E-state index contributed by atoms with van der Waals surface area (Å²) >= 11 is 1.32. The molecule has 1 saturated heterocycles. The van der Waals surface area contributed by atoms with E-state index in [1.54, 1.807) is 6.07 Å². The number of allylic oxidation sites excluding steroid dienone is 3. The number of carboxylic acid groups (broad SMARTS) is 1. The Kier molecular flexibility index (Phi) is 11.1. The van der Waals surface area contributed by atoms with Gasteiger partial charge in [0, 0.05) is 47.4 Å². The van der Waals surface area contributed by atoms with Crippen LogP contribution < -0.4 is 0 Å². The van der Waals surface area contributed by atoms with Crippen molar-refractivity contribution in [2.75, 3.05) is 6.54 Å². The van der Waals surface area contributed by atoms with Crippen LogP contribution in [0.1, 0.15) is 60.0 Å². The van der Waals surface area contributed by atoms with Crippen molar-refractivity contribution >= 4 is 52.8 Å². The van der Waals surface area contributed by atoms with Gasteiger partial charge < -0.3 is 10.0 Å². The van der Waals surface area contributed by atoms with E-state index in [0.717, 1.165) is 37.1 Å². The van der Waals surface area contributed by atoms with E-state index in [2.05, 4.69) is 31.2 Å². The number of rotatable bonds is 10. The number of carbonyl (C=O) groups is 2. The zero-order valence-electron chi connectivity index (χ0n) is 15.8. The molecule has 0 bridgehead atoms. The van der Waals surface area contributed by atoms with Crippen LogP contribution >= 0.6 is 11.3 Å². The third-order valence-corrected chi connectivity index (χ3v) is 5.51. The van der Waals surface area contributed by atoms with E-state index >= 15 is 0 Å². The maximum Gasteiger partial charge on any atom is 0.345 e. The first-order valence-corrected chi connectivity index (χ1v) is 9.88. The number of aromatic carboxylic acids is 1. The summed E-state index contributed by atoms with van der Waals surface area (Å²) in [6.07, 6.45) is 15.2. The van der Waals surface area contributed by atoms with Crippen molar-refractivity contribution in [3.63, 3.8) is 0 Å². The van der Waals surface area contributed by atoms with Gasteiger partial charge in [0.25, 0.3) is 0 Å². The van der Waals surface area contributed by atoms with Gasteiger partial charge in [0.2, 0.25) is 5.91 Å². The van der Waals surface area contributed by atoms with Crippen LogP contribution in [0.2, 0.25) is 0 Å². The van der Waals surface area contributed by atoms with Gasteiger partial charge in [0.1, 0.15) is 4.88 Å². The fourth-order valence-corrected chi connectivity index (χ4v) is 3.87. The Balaban J connectivity index is 0.00000338. The molecule has 1 radical (unpaired) electrons. The number of likely N-dealkylation sites (tertiary alicyclic amines) is 1.